The minimum atomic E-state index is -0.0544. The highest BCUT2D eigenvalue weighted by Gasteiger charge is 2.39. The third kappa shape index (κ3) is 6.34. The zero-order chi connectivity index (χ0) is 27.4. The van der Waals surface area contributed by atoms with Crippen molar-refractivity contribution in [1.82, 2.24) is 14.9 Å². The summed E-state index contributed by atoms with van der Waals surface area (Å²) < 4.78 is 6.29. The molecular formula is C31H34ClN5O2. The van der Waals surface area contributed by atoms with Gasteiger partial charge in [0.05, 0.1) is 5.56 Å². The lowest BCUT2D eigenvalue weighted by atomic mass is 9.77. The van der Waals surface area contributed by atoms with Gasteiger partial charge >= 0.3 is 0 Å². The molecule has 0 spiro atoms. The SMILES string of the molecule is Cc1ccc(OC(C)C2CCN(C(=O)C3CCN(c4ccc(C#N)cn4)CC3)CC2c2ccc(Cl)cc2)nc1. The number of hydrogen-bond donors (Lipinski definition) is 0. The van der Waals surface area contributed by atoms with Gasteiger partial charge in [0.1, 0.15) is 18.0 Å². The number of aromatic nitrogens is 2. The van der Waals surface area contributed by atoms with E-state index < -0.39 is 0 Å². The van der Waals surface area contributed by atoms with Gasteiger partial charge in [-0.3, -0.25) is 4.79 Å². The average molecular weight is 544 g/mol. The Labute approximate surface area is 235 Å². The number of piperidine rings is 2. The van der Waals surface area contributed by atoms with E-state index in [0.29, 0.717) is 23.0 Å². The normalized spacial score (nSPS) is 20.8. The number of ether oxygens (including phenoxy) is 1. The van der Waals surface area contributed by atoms with E-state index in [1.54, 1.807) is 12.3 Å². The van der Waals surface area contributed by atoms with E-state index >= 15 is 0 Å². The second-order valence-electron chi connectivity index (χ2n) is 10.7. The molecule has 3 atom stereocenters. The van der Waals surface area contributed by atoms with Crippen LogP contribution in [0.15, 0.2) is 60.9 Å². The Bertz CT molecular complexity index is 1300. The lowest BCUT2D eigenvalue weighted by Gasteiger charge is -2.43. The predicted octanol–water partition coefficient (Wildman–Crippen LogP) is 5.63. The molecule has 0 bridgehead atoms. The highest BCUT2D eigenvalue weighted by atomic mass is 35.5. The molecular weight excluding hydrogens is 510 g/mol. The topological polar surface area (TPSA) is 82.4 Å². The summed E-state index contributed by atoms with van der Waals surface area (Å²) in [6.07, 6.45) is 5.83. The van der Waals surface area contributed by atoms with Crippen molar-refractivity contribution in [2.45, 2.75) is 45.1 Å². The van der Waals surface area contributed by atoms with E-state index in [9.17, 15) is 4.79 Å². The van der Waals surface area contributed by atoms with Crippen LogP contribution in [0.2, 0.25) is 5.02 Å². The fourth-order valence-corrected chi connectivity index (χ4v) is 5.98. The van der Waals surface area contributed by atoms with Crippen molar-refractivity contribution in [2.24, 2.45) is 11.8 Å². The molecule has 2 saturated heterocycles. The number of anilines is 1. The molecule has 2 fully saturated rings. The molecule has 1 aromatic carbocycles. The maximum atomic E-state index is 13.7. The molecule has 0 radical (unpaired) electrons. The highest BCUT2D eigenvalue weighted by molar-refractivity contribution is 6.30. The molecule has 1 amide bonds. The molecule has 0 aliphatic carbocycles. The molecule has 5 rings (SSSR count). The van der Waals surface area contributed by atoms with Crippen LogP contribution in [0, 0.1) is 30.1 Å². The minimum absolute atomic E-state index is 0.00693. The number of rotatable bonds is 6. The van der Waals surface area contributed by atoms with E-state index in [4.69, 9.17) is 21.6 Å². The van der Waals surface area contributed by atoms with E-state index in [0.717, 1.165) is 50.3 Å². The van der Waals surface area contributed by atoms with Crippen LogP contribution in [0.3, 0.4) is 0 Å². The number of likely N-dealkylation sites (tertiary alicyclic amines) is 1. The Kier molecular flexibility index (Phi) is 8.33. The quantitative estimate of drug-likeness (QED) is 0.401. The third-order valence-electron chi connectivity index (χ3n) is 8.12. The van der Waals surface area contributed by atoms with Crippen LogP contribution >= 0.6 is 11.6 Å². The fraction of sp³-hybridized carbons (Fsp3) is 0.419. The predicted molar refractivity (Wildman–Crippen MR) is 152 cm³/mol. The van der Waals surface area contributed by atoms with Crippen LogP contribution in [0.4, 0.5) is 5.82 Å². The number of nitrogens with zero attached hydrogens (tertiary/aromatic N) is 5. The zero-order valence-corrected chi connectivity index (χ0v) is 23.2. The van der Waals surface area contributed by atoms with Crippen molar-refractivity contribution in [3.63, 3.8) is 0 Å². The Hall–Kier alpha value is -3.63. The number of amides is 1. The summed E-state index contributed by atoms with van der Waals surface area (Å²) in [5.74, 6) is 2.12. The molecule has 0 N–H and O–H groups in total. The standard InChI is InChI=1S/C31H34ClN5O2/c1-21-3-10-30(35-18-21)39-22(2)27-13-16-37(20-28(27)24-5-7-26(32)8-6-24)31(38)25-11-14-36(15-12-25)29-9-4-23(17-33)19-34-29/h3-10,18-19,22,25,27-28H,11-16,20H2,1-2H3. The molecule has 2 aromatic heterocycles. The van der Waals surface area contributed by atoms with Gasteiger partial charge in [0.25, 0.3) is 0 Å². The summed E-state index contributed by atoms with van der Waals surface area (Å²) in [7, 11) is 0. The van der Waals surface area contributed by atoms with Crippen LogP contribution in [0.25, 0.3) is 0 Å². The van der Waals surface area contributed by atoms with Gasteiger partial charge in [-0.15, -0.1) is 0 Å². The lowest BCUT2D eigenvalue weighted by molar-refractivity contribution is -0.138. The number of carbonyl (C=O) groups is 1. The molecule has 7 nitrogen and oxygen atoms in total. The Morgan fingerprint density at radius 2 is 1.79 bits per heavy atom. The maximum absolute atomic E-state index is 13.7. The van der Waals surface area contributed by atoms with Crippen LogP contribution < -0.4 is 9.64 Å². The Morgan fingerprint density at radius 1 is 1.03 bits per heavy atom. The highest BCUT2D eigenvalue weighted by Crippen LogP contribution is 2.37. The number of halogens is 1. The molecule has 0 saturated carbocycles. The monoisotopic (exact) mass is 543 g/mol. The van der Waals surface area contributed by atoms with E-state index in [1.165, 1.54) is 5.56 Å². The van der Waals surface area contributed by atoms with Gasteiger partial charge in [-0.1, -0.05) is 29.8 Å². The third-order valence-corrected chi connectivity index (χ3v) is 8.37. The van der Waals surface area contributed by atoms with Gasteiger partial charge in [0.2, 0.25) is 11.8 Å². The summed E-state index contributed by atoms with van der Waals surface area (Å²) in [6, 6.07) is 17.7. The summed E-state index contributed by atoms with van der Waals surface area (Å²) >= 11 is 6.20. The number of pyridine rings is 2. The molecule has 4 heterocycles. The van der Waals surface area contributed by atoms with E-state index in [-0.39, 0.29) is 29.8 Å². The second kappa shape index (κ2) is 12.0. The van der Waals surface area contributed by atoms with Gasteiger partial charge in [-0.2, -0.15) is 5.26 Å². The number of carbonyl (C=O) groups excluding carboxylic acids is 1. The van der Waals surface area contributed by atoms with Gasteiger partial charge in [0, 0.05) is 67.4 Å². The van der Waals surface area contributed by atoms with E-state index in [1.807, 2.05) is 43.5 Å². The molecule has 3 unspecified atom stereocenters. The number of aryl methyl sites for hydroxylation is 1. The maximum Gasteiger partial charge on any atom is 0.225 e. The van der Waals surface area contributed by atoms with Crippen LogP contribution in [-0.2, 0) is 4.79 Å². The van der Waals surface area contributed by atoms with E-state index in [2.05, 4.69) is 44.9 Å². The van der Waals surface area contributed by atoms with Crippen molar-refractivity contribution < 1.29 is 9.53 Å². The first-order valence-electron chi connectivity index (χ1n) is 13.7. The van der Waals surface area contributed by atoms with Crippen LogP contribution in [-0.4, -0.2) is 53.1 Å². The number of benzene rings is 1. The smallest absolute Gasteiger partial charge is 0.225 e. The lowest BCUT2D eigenvalue weighted by Crippen LogP contribution is -2.49. The zero-order valence-electron chi connectivity index (χ0n) is 22.5. The van der Waals surface area contributed by atoms with Crippen molar-refractivity contribution in [3.8, 4) is 11.9 Å². The molecule has 2 aliphatic rings. The molecule has 39 heavy (non-hydrogen) atoms. The van der Waals surface area contributed by atoms with Gasteiger partial charge < -0.3 is 14.5 Å². The number of nitriles is 1. The van der Waals surface area contributed by atoms with Crippen molar-refractivity contribution in [2.75, 3.05) is 31.1 Å². The summed E-state index contributed by atoms with van der Waals surface area (Å²) in [5, 5.41) is 9.73. The largest absolute Gasteiger partial charge is 0.474 e. The summed E-state index contributed by atoms with van der Waals surface area (Å²) in [5.41, 5.74) is 2.83. The van der Waals surface area contributed by atoms with Crippen LogP contribution in [0.5, 0.6) is 5.88 Å². The summed E-state index contributed by atoms with van der Waals surface area (Å²) in [6.45, 7) is 7.07. The first kappa shape index (κ1) is 27.0. The van der Waals surface area contributed by atoms with Gasteiger partial charge in [-0.05, 0) is 68.5 Å². The Morgan fingerprint density at radius 3 is 2.44 bits per heavy atom. The van der Waals surface area contributed by atoms with Gasteiger partial charge in [-0.25, -0.2) is 9.97 Å². The number of hydrogen-bond acceptors (Lipinski definition) is 6. The fourth-order valence-electron chi connectivity index (χ4n) is 5.85. The van der Waals surface area contributed by atoms with Crippen molar-refractivity contribution in [1.29, 1.82) is 5.26 Å². The molecule has 8 heteroatoms. The summed E-state index contributed by atoms with van der Waals surface area (Å²) in [4.78, 5) is 26.8. The van der Waals surface area contributed by atoms with Gasteiger partial charge in [0.15, 0.2) is 0 Å². The molecule has 3 aromatic rings. The average Bonchev–Trinajstić information content (AvgIpc) is 2.98. The van der Waals surface area contributed by atoms with Crippen molar-refractivity contribution in [3.05, 3.63) is 82.6 Å². The second-order valence-corrected chi connectivity index (χ2v) is 11.1. The minimum Gasteiger partial charge on any atom is -0.474 e. The first-order chi connectivity index (χ1) is 18.9. The Balaban J connectivity index is 1.25. The molecule has 2 aliphatic heterocycles. The van der Waals surface area contributed by atoms with Crippen LogP contribution in [0.1, 0.15) is 48.8 Å². The first-order valence-corrected chi connectivity index (χ1v) is 14.0. The van der Waals surface area contributed by atoms with Crippen molar-refractivity contribution >= 4 is 23.3 Å². The molecule has 202 valence electrons.